The third kappa shape index (κ3) is 4.73. The van der Waals surface area contributed by atoms with E-state index in [1.165, 1.54) is 30.4 Å². The first-order valence-electron chi connectivity index (χ1n) is 7.45. The molecule has 0 aromatic heterocycles. The van der Waals surface area contributed by atoms with Gasteiger partial charge in [0, 0.05) is 0 Å². The maximum atomic E-state index is 5.19. The number of methoxy groups -OCH3 is 1. The minimum atomic E-state index is 0.729. The molecule has 2 aromatic carbocycles. The fraction of sp³-hybridized carbons (Fsp3) is 0.368. The Bertz CT molecular complexity index is 487. The second-order valence-electron chi connectivity index (χ2n) is 5.54. The van der Waals surface area contributed by atoms with Gasteiger partial charge in [0.1, 0.15) is 5.75 Å². The van der Waals surface area contributed by atoms with E-state index in [9.17, 15) is 0 Å². The molecule has 106 valence electrons. The van der Waals surface area contributed by atoms with Crippen LogP contribution >= 0.6 is 0 Å². The molecule has 0 heterocycles. The van der Waals surface area contributed by atoms with E-state index in [0.29, 0.717) is 0 Å². The Labute approximate surface area is 122 Å². The van der Waals surface area contributed by atoms with E-state index >= 15 is 0 Å². The summed E-state index contributed by atoms with van der Waals surface area (Å²) in [5.41, 5.74) is 2.85. The van der Waals surface area contributed by atoms with Crippen molar-refractivity contribution in [3.05, 3.63) is 65.7 Å². The van der Waals surface area contributed by atoms with E-state index in [2.05, 4.69) is 49.4 Å². The predicted molar refractivity (Wildman–Crippen MR) is 85.2 cm³/mol. The SMILES string of the molecule is COc1ccc(CC(C)CCCc2ccccc2)cc1. The maximum Gasteiger partial charge on any atom is 0.118 e. The molecule has 1 nitrogen and oxygen atoms in total. The first-order valence-corrected chi connectivity index (χ1v) is 7.45. The van der Waals surface area contributed by atoms with Crippen molar-refractivity contribution in [1.29, 1.82) is 0 Å². The lowest BCUT2D eigenvalue weighted by Gasteiger charge is -2.12. The van der Waals surface area contributed by atoms with Crippen LogP contribution in [0.4, 0.5) is 0 Å². The number of hydrogen-bond acceptors (Lipinski definition) is 1. The van der Waals surface area contributed by atoms with E-state index in [1.807, 2.05) is 12.1 Å². The van der Waals surface area contributed by atoms with E-state index in [4.69, 9.17) is 4.74 Å². The molecule has 0 bridgehead atoms. The van der Waals surface area contributed by atoms with Crippen LogP contribution in [0.5, 0.6) is 5.75 Å². The van der Waals surface area contributed by atoms with Gasteiger partial charge < -0.3 is 4.74 Å². The number of rotatable bonds is 7. The van der Waals surface area contributed by atoms with E-state index in [1.54, 1.807) is 7.11 Å². The van der Waals surface area contributed by atoms with Crippen LogP contribution in [0.15, 0.2) is 54.6 Å². The van der Waals surface area contributed by atoms with E-state index in [0.717, 1.165) is 18.1 Å². The summed E-state index contributed by atoms with van der Waals surface area (Å²) < 4.78 is 5.19. The summed E-state index contributed by atoms with van der Waals surface area (Å²) in [6, 6.07) is 19.2. The fourth-order valence-electron chi connectivity index (χ4n) is 2.57. The molecule has 0 radical (unpaired) electrons. The van der Waals surface area contributed by atoms with Crippen LogP contribution in [0.1, 0.15) is 30.9 Å². The lowest BCUT2D eigenvalue weighted by atomic mass is 9.95. The summed E-state index contributed by atoms with van der Waals surface area (Å²) >= 11 is 0. The highest BCUT2D eigenvalue weighted by Crippen LogP contribution is 2.18. The molecule has 1 unspecified atom stereocenters. The van der Waals surface area contributed by atoms with Gasteiger partial charge in [-0.2, -0.15) is 0 Å². The Kier molecular flexibility index (Phi) is 5.67. The molecule has 0 N–H and O–H groups in total. The van der Waals surface area contributed by atoms with Gasteiger partial charge in [-0.1, -0.05) is 55.8 Å². The molecular weight excluding hydrogens is 244 g/mol. The number of hydrogen-bond donors (Lipinski definition) is 0. The van der Waals surface area contributed by atoms with Crippen molar-refractivity contribution >= 4 is 0 Å². The average Bonchev–Trinajstić information content (AvgIpc) is 2.49. The molecule has 1 atom stereocenters. The standard InChI is InChI=1S/C19H24O/c1-16(7-6-10-17-8-4-3-5-9-17)15-18-11-13-19(20-2)14-12-18/h3-5,8-9,11-14,16H,6-7,10,15H2,1-2H3. The van der Waals surface area contributed by atoms with Gasteiger partial charge in [-0.3, -0.25) is 0 Å². The molecule has 20 heavy (non-hydrogen) atoms. The number of aryl methyl sites for hydroxylation is 1. The van der Waals surface area contributed by atoms with Crippen LogP contribution in [-0.4, -0.2) is 7.11 Å². The first-order chi connectivity index (χ1) is 9.78. The Morgan fingerprint density at radius 2 is 1.60 bits per heavy atom. The summed E-state index contributed by atoms with van der Waals surface area (Å²) in [6.45, 7) is 2.34. The van der Waals surface area contributed by atoms with Crippen LogP contribution < -0.4 is 4.74 Å². The van der Waals surface area contributed by atoms with E-state index < -0.39 is 0 Å². The van der Waals surface area contributed by atoms with Crippen LogP contribution in [0, 0.1) is 5.92 Å². The molecular formula is C19H24O. The van der Waals surface area contributed by atoms with Crippen molar-refractivity contribution in [2.45, 2.75) is 32.6 Å². The Morgan fingerprint density at radius 1 is 0.900 bits per heavy atom. The van der Waals surface area contributed by atoms with Gasteiger partial charge in [-0.15, -0.1) is 0 Å². The zero-order chi connectivity index (χ0) is 14.2. The smallest absolute Gasteiger partial charge is 0.118 e. The summed E-state index contributed by atoms with van der Waals surface area (Å²) in [5, 5.41) is 0. The van der Waals surface area contributed by atoms with E-state index in [-0.39, 0.29) is 0 Å². The normalized spacial score (nSPS) is 12.1. The highest BCUT2D eigenvalue weighted by atomic mass is 16.5. The zero-order valence-corrected chi connectivity index (χ0v) is 12.5. The number of ether oxygens (including phenoxy) is 1. The van der Waals surface area contributed by atoms with Crippen molar-refractivity contribution in [2.75, 3.05) is 7.11 Å². The van der Waals surface area contributed by atoms with Gasteiger partial charge >= 0.3 is 0 Å². The second-order valence-corrected chi connectivity index (χ2v) is 5.54. The molecule has 0 aliphatic heterocycles. The molecule has 0 aliphatic carbocycles. The quantitative estimate of drug-likeness (QED) is 0.694. The largest absolute Gasteiger partial charge is 0.497 e. The van der Waals surface area contributed by atoms with Crippen molar-refractivity contribution < 1.29 is 4.74 Å². The van der Waals surface area contributed by atoms with Gasteiger partial charge in [0.25, 0.3) is 0 Å². The molecule has 2 rings (SSSR count). The minimum absolute atomic E-state index is 0.729. The third-order valence-electron chi connectivity index (χ3n) is 3.75. The summed E-state index contributed by atoms with van der Waals surface area (Å²) in [5.74, 6) is 1.66. The monoisotopic (exact) mass is 268 g/mol. The summed E-state index contributed by atoms with van der Waals surface area (Å²) in [4.78, 5) is 0. The van der Waals surface area contributed by atoms with Crippen molar-refractivity contribution in [3.8, 4) is 5.75 Å². The van der Waals surface area contributed by atoms with Crippen LogP contribution in [0.3, 0.4) is 0 Å². The van der Waals surface area contributed by atoms with Gasteiger partial charge in [-0.05, 0) is 48.4 Å². The van der Waals surface area contributed by atoms with Crippen LogP contribution in [-0.2, 0) is 12.8 Å². The van der Waals surface area contributed by atoms with Gasteiger partial charge in [-0.25, -0.2) is 0 Å². The predicted octanol–water partition coefficient (Wildman–Crippen LogP) is 4.90. The van der Waals surface area contributed by atoms with Gasteiger partial charge in [0.05, 0.1) is 7.11 Å². The molecule has 1 heteroatoms. The molecule has 0 spiro atoms. The van der Waals surface area contributed by atoms with Gasteiger partial charge in [0.2, 0.25) is 0 Å². The first kappa shape index (κ1) is 14.6. The number of benzene rings is 2. The molecule has 0 saturated heterocycles. The Balaban J connectivity index is 1.73. The van der Waals surface area contributed by atoms with Crippen molar-refractivity contribution in [1.82, 2.24) is 0 Å². The topological polar surface area (TPSA) is 9.23 Å². The Morgan fingerprint density at radius 3 is 2.25 bits per heavy atom. The molecule has 0 fully saturated rings. The molecule has 0 saturated carbocycles. The lowest BCUT2D eigenvalue weighted by molar-refractivity contribution is 0.414. The van der Waals surface area contributed by atoms with Crippen LogP contribution in [0.2, 0.25) is 0 Å². The molecule has 2 aromatic rings. The Hall–Kier alpha value is -1.76. The summed E-state index contributed by atoms with van der Waals surface area (Å²) in [7, 11) is 1.71. The van der Waals surface area contributed by atoms with Crippen molar-refractivity contribution in [3.63, 3.8) is 0 Å². The second kappa shape index (κ2) is 7.74. The van der Waals surface area contributed by atoms with Crippen molar-refractivity contribution in [2.24, 2.45) is 5.92 Å². The van der Waals surface area contributed by atoms with Crippen LogP contribution in [0.25, 0.3) is 0 Å². The lowest BCUT2D eigenvalue weighted by Crippen LogP contribution is -2.01. The summed E-state index contributed by atoms with van der Waals surface area (Å²) in [6.07, 6.45) is 4.88. The average molecular weight is 268 g/mol. The fourth-order valence-corrected chi connectivity index (χ4v) is 2.57. The zero-order valence-electron chi connectivity index (χ0n) is 12.5. The minimum Gasteiger partial charge on any atom is -0.497 e. The highest BCUT2D eigenvalue weighted by molar-refractivity contribution is 5.27. The highest BCUT2D eigenvalue weighted by Gasteiger charge is 2.04. The van der Waals surface area contributed by atoms with Gasteiger partial charge in [0.15, 0.2) is 0 Å². The molecule has 0 aliphatic rings. The molecule has 0 amide bonds. The maximum absolute atomic E-state index is 5.19. The third-order valence-corrected chi connectivity index (χ3v) is 3.75.